The number of carbonyl (C=O) groups excluding carboxylic acids is 2. The Morgan fingerprint density at radius 2 is 1.92 bits per heavy atom. The molecule has 0 aromatic heterocycles. The molecular weight excluding hydrogens is 324 g/mol. The average molecular weight is 348 g/mol. The number of hydrogen-bond acceptors (Lipinski definition) is 5. The van der Waals surface area contributed by atoms with Gasteiger partial charge in [-0.3, -0.25) is 0 Å². The van der Waals surface area contributed by atoms with Crippen molar-refractivity contribution in [2.45, 2.75) is 32.7 Å². The van der Waals surface area contributed by atoms with E-state index in [-0.39, 0.29) is 6.03 Å². The third kappa shape index (κ3) is 4.23. The van der Waals surface area contributed by atoms with Crippen molar-refractivity contribution in [3.8, 4) is 11.5 Å². The minimum absolute atomic E-state index is 0.346. The monoisotopic (exact) mass is 348 g/mol. The van der Waals surface area contributed by atoms with Crippen LogP contribution in [-0.2, 0) is 9.53 Å². The number of hydrogen-bond donors (Lipinski definition) is 2. The van der Waals surface area contributed by atoms with Gasteiger partial charge in [-0.15, -0.1) is 0 Å². The van der Waals surface area contributed by atoms with Crippen LogP contribution in [0, 0.1) is 0 Å². The van der Waals surface area contributed by atoms with E-state index in [2.05, 4.69) is 10.6 Å². The number of rotatable bonds is 7. The highest BCUT2D eigenvalue weighted by Crippen LogP contribution is 2.34. The standard InChI is InChI=1S/C18H24N2O5/c1-5-6-9-25-17(21)15-11(2)19-18(22)20-16(15)12-7-8-13(23-3)14(10-12)24-4/h7-8,10,16H,5-6,9H2,1-4H3,(H2,19,20,22). The van der Waals surface area contributed by atoms with E-state index in [0.29, 0.717) is 34.9 Å². The van der Waals surface area contributed by atoms with Gasteiger partial charge in [-0.25, -0.2) is 9.59 Å². The number of carbonyl (C=O) groups is 2. The zero-order valence-electron chi connectivity index (χ0n) is 15.0. The fourth-order valence-electron chi connectivity index (χ4n) is 2.63. The van der Waals surface area contributed by atoms with E-state index in [1.54, 1.807) is 32.2 Å². The molecule has 25 heavy (non-hydrogen) atoms. The first-order valence-corrected chi connectivity index (χ1v) is 8.19. The Kier molecular flexibility index (Phi) is 6.27. The molecule has 1 aliphatic rings. The average Bonchev–Trinajstić information content (AvgIpc) is 2.60. The molecule has 0 radical (unpaired) electrons. The molecule has 2 amide bonds. The summed E-state index contributed by atoms with van der Waals surface area (Å²) in [7, 11) is 3.08. The number of urea groups is 1. The molecule has 7 heteroatoms. The van der Waals surface area contributed by atoms with Crippen LogP contribution in [-0.4, -0.2) is 32.8 Å². The molecule has 0 saturated carbocycles. The summed E-state index contributed by atoms with van der Waals surface area (Å²) in [6.45, 7) is 4.05. The first-order chi connectivity index (χ1) is 12.0. The number of methoxy groups -OCH3 is 2. The van der Waals surface area contributed by atoms with Crippen LogP contribution in [0.2, 0.25) is 0 Å². The van der Waals surface area contributed by atoms with Gasteiger partial charge in [0.1, 0.15) is 0 Å². The first kappa shape index (κ1) is 18.6. The van der Waals surface area contributed by atoms with Crippen molar-refractivity contribution in [2.75, 3.05) is 20.8 Å². The van der Waals surface area contributed by atoms with Crippen LogP contribution in [0.3, 0.4) is 0 Å². The highest BCUT2D eigenvalue weighted by Gasteiger charge is 2.32. The second kappa shape index (κ2) is 8.41. The SMILES string of the molecule is CCCCOC(=O)C1=C(C)NC(=O)NC1c1ccc(OC)c(OC)c1. The van der Waals surface area contributed by atoms with E-state index < -0.39 is 12.0 Å². The summed E-state index contributed by atoms with van der Waals surface area (Å²) < 4.78 is 15.9. The Hall–Kier alpha value is -2.70. The van der Waals surface area contributed by atoms with Crippen molar-refractivity contribution in [2.24, 2.45) is 0 Å². The van der Waals surface area contributed by atoms with E-state index >= 15 is 0 Å². The molecule has 0 aliphatic carbocycles. The molecule has 1 aromatic carbocycles. The molecule has 2 rings (SSSR count). The van der Waals surface area contributed by atoms with Crippen LogP contribution < -0.4 is 20.1 Å². The highest BCUT2D eigenvalue weighted by atomic mass is 16.5. The molecule has 1 unspecified atom stereocenters. The topological polar surface area (TPSA) is 85.9 Å². The van der Waals surface area contributed by atoms with Gasteiger partial charge in [-0.1, -0.05) is 19.4 Å². The number of unbranched alkanes of at least 4 members (excludes halogenated alkanes) is 1. The molecule has 136 valence electrons. The zero-order chi connectivity index (χ0) is 18.4. The number of allylic oxidation sites excluding steroid dienone is 1. The minimum Gasteiger partial charge on any atom is -0.493 e. The number of nitrogens with one attached hydrogen (secondary N) is 2. The maximum Gasteiger partial charge on any atom is 0.338 e. The van der Waals surface area contributed by atoms with Gasteiger partial charge in [0.2, 0.25) is 0 Å². The van der Waals surface area contributed by atoms with Crippen molar-refractivity contribution >= 4 is 12.0 Å². The van der Waals surface area contributed by atoms with Crippen molar-refractivity contribution in [3.63, 3.8) is 0 Å². The molecule has 0 fully saturated rings. The third-order valence-electron chi connectivity index (χ3n) is 3.96. The van der Waals surface area contributed by atoms with Crippen molar-refractivity contribution in [1.29, 1.82) is 0 Å². The van der Waals surface area contributed by atoms with Crippen molar-refractivity contribution in [3.05, 3.63) is 35.0 Å². The third-order valence-corrected chi connectivity index (χ3v) is 3.96. The molecule has 1 atom stereocenters. The number of benzene rings is 1. The number of ether oxygens (including phenoxy) is 3. The summed E-state index contributed by atoms with van der Waals surface area (Å²) in [6, 6.07) is 4.26. The van der Waals surface area contributed by atoms with Crippen LogP contribution >= 0.6 is 0 Å². The summed E-state index contributed by atoms with van der Waals surface area (Å²) in [5.41, 5.74) is 1.56. The fourth-order valence-corrected chi connectivity index (χ4v) is 2.63. The van der Waals surface area contributed by atoms with E-state index in [1.807, 2.05) is 6.92 Å². The second-order valence-electron chi connectivity index (χ2n) is 5.67. The predicted octanol–water partition coefficient (Wildman–Crippen LogP) is 2.68. The Morgan fingerprint density at radius 1 is 1.20 bits per heavy atom. The summed E-state index contributed by atoms with van der Waals surface area (Å²) >= 11 is 0. The molecule has 2 N–H and O–H groups in total. The molecule has 0 saturated heterocycles. The van der Waals surface area contributed by atoms with E-state index in [1.165, 1.54) is 7.11 Å². The number of amides is 2. The Labute approximate surface area is 147 Å². The van der Waals surface area contributed by atoms with Gasteiger partial charge in [0.15, 0.2) is 11.5 Å². The lowest BCUT2D eigenvalue weighted by atomic mass is 9.95. The lowest BCUT2D eigenvalue weighted by Crippen LogP contribution is -2.45. The highest BCUT2D eigenvalue weighted by molar-refractivity contribution is 5.95. The summed E-state index contributed by atoms with van der Waals surface area (Å²) in [5, 5.41) is 5.39. The maximum absolute atomic E-state index is 12.5. The summed E-state index contributed by atoms with van der Waals surface area (Å²) in [6.07, 6.45) is 1.72. The van der Waals surface area contributed by atoms with E-state index in [9.17, 15) is 9.59 Å². The van der Waals surface area contributed by atoms with Crippen LogP contribution in [0.15, 0.2) is 29.5 Å². The van der Waals surface area contributed by atoms with Crippen LogP contribution in [0.25, 0.3) is 0 Å². The largest absolute Gasteiger partial charge is 0.493 e. The first-order valence-electron chi connectivity index (χ1n) is 8.19. The van der Waals surface area contributed by atoms with Gasteiger partial charge in [-0.05, 0) is 31.0 Å². The quantitative estimate of drug-likeness (QED) is 0.584. The van der Waals surface area contributed by atoms with Crippen molar-refractivity contribution in [1.82, 2.24) is 10.6 Å². The van der Waals surface area contributed by atoms with Gasteiger partial charge in [0, 0.05) is 5.70 Å². The molecule has 1 aromatic rings. The fraction of sp³-hybridized carbons (Fsp3) is 0.444. The minimum atomic E-state index is -0.623. The smallest absolute Gasteiger partial charge is 0.338 e. The summed E-state index contributed by atoms with van der Waals surface area (Å²) in [4.78, 5) is 24.4. The molecule has 1 heterocycles. The van der Waals surface area contributed by atoms with Crippen LogP contribution in [0.1, 0.15) is 38.3 Å². The molecule has 0 spiro atoms. The molecule has 7 nitrogen and oxygen atoms in total. The van der Waals surface area contributed by atoms with Gasteiger partial charge >= 0.3 is 12.0 Å². The van der Waals surface area contributed by atoms with Gasteiger partial charge in [-0.2, -0.15) is 0 Å². The Bertz CT molecular complexity index is 684. The van der Waals surface area contributed by atoms with Crippen molar-refractivity contribution < 1.29 is 23.8 Å². The van der Waals surface area contributed by atoms with E-state index in [4.69, 9.17) is 14.2 Å². The van der Waals surface area contributed by atoms with Gasteiger partial charge < -0.3 is 24.8 Å². The predicted molar refractivity (Wildman–Crippen MR) is 92.5 cm³/mol. The lowest BCUT2D eigenvalue weighted by Gasteiger charge is -2.28. The molecule has 0 bridgehead atoms. The lowest BCUT2D eigenvalue weighted by molar-refractivity contribution is -0.139. The Morgan fingerprint density at radius 3 is 2.56 bits per heavy atom. The molecular formula is C18H24N2O5. The second-order valence-corrected chi connectivity index (χ2v) is 5.67. The van der Waals surface area contributed by atoms with Crippen LogP contribution in [0.5, 0.6) is 11.5 Å². The maximum atomic E-state index is 12.5. The van der Waals surface area contributed by atoms with Gasteiger partial charge in [0.05, 0.1) is 32.4 Å². The number of esters is 1. The Balaban J connectivity index is 2.37. The normalized spacial score (nSPS) is 16.8. The molecule has 1 aliphatic heterocycles. The van der Waals surface area contributed by atoms with Crippen LogP contribution in [0.4, 0.5) is 4.79 Å². The zero-order valence-corrected chi connectivity index (χ0v) is 15.0. The van der Waals surface area contributed by atoms with E-state index in [0.717, 1.165) is 12.8 Å². The van der Waals surface area contributed by atoms with Gasteiger partial charge in [0.25, 0.3) is 0 Å². The summed E-state index contributed by atoms with van der Waals surface area (Å²) in [5.74, 6) is 0.640.